The summed E-state index contributed by atoms with van der Waals surface area (Å²) >= 11 is 11.4. The summed E-state index contributed by atoms with van der Waals surface area (Å²) in [5.74, 6) is 0. The van der Waals surface area contributed by atoms with Crippen LogP contribution in [0.5, 0.6) is 0 Å². The van der Waals surface area contributed by atoms with Crippen molar-refractivity contribution >= 4 is 29.3 Å². The molecular weight excluding hydrogens is 221 g/mol. The molecule has 0 aliphatic carbocycles. The van der Waals surface area contributed by atoms with Gasteiger partial charge in [-0.05, 0) is 31.6 Å². The van der Waals surface area contributed by atoms with Gasteiger partial charge in [0.2, 0.25) is 5.28 Å². The molecule has 0 saturated carbocycles. The number of rotatable bonds is 4. The van der Waals surface area contributed by atoms with E-state index >= 15 is 0 Å². The van der Waals surface area contributed by atoms with Crippen molar-refractivity contribution in [1.82, 2.24) is 15.3 Å². The van der Waals surface area contributed by atoms with Crippen LogP contribution in [-0.2, 0) is 0 Å². The molecule has 0 aromatic carbocycles. The van der Waals surface area contributed by atoms with Crippen molar-refractivity contribution < 1.29 is 0 Å². The molecule has 5 heteroatoms. The van der Waals surface area contributed by atoms with Gasteiger partial charge in [-0.15, -0.1) is 0 Å². The van der Waals surface area contributed by atoms with E-state index in [-0.39, 0.29) is 5.28 Å². The van der Waals surface area contributed by atoms with Crippen LogP contribution in [0.3, 0.4) is 0 Å². The highest BCUT2D eigenvalue weighted by molar-refractivity contribution is 6.32. The van der Waals surface area contributed by atoms with Crippen molar-refractivity contribution in [2.45, 2.75) is 6.42 Å². The average Bonchev–Trinajstić information content (AvgIpc) is 2.15. The van der Waals surface area contributed by atoms with Gasteiger partial charge in [0.25, 0.3) is 0 Å². The predicted octanol–water partition coefficient (Wildman–Crippen LogP) is 2.41. The lowest BCUT2D eigenvalue weighted by Gasteiger charge is -1.96. The third-order valence-corrected chi connectivity index (χ3v) is 2.08. The monoisotopic (exact) mass is 231 g/mol. The Labute approximate surface area is 93.2 Å². The SMILES string of the molecule is CNCCC=Cc1cnc(Cl)nc1Cl. The summed E-state index contributed by atoms with van der Waals surface area (Å²) in [4.78, 5) is 7.67. The Morgan fingerprint density at radius 1 is 1.50 bits per heavy atom. The third kappa shape index (κ3) is 3.62. The van der Waals surface area contributed by atoms with Crippen LogP contribution < -0.4 is 5.32 Å². The van der Waals surface area contributed by atoms with Crippen LogP contribution in [-0.4, -0.2) is 23.6 Å². The molecule has 0 amide bonds. The fraction of sp³-hybridized carbons (Fsp3) is 0.333. The molecule has 0 unspecified atom stereocenters. The first-order valence-corrected chi connectivity index (χ1v) is 4.99. The Bertz CT molecular complexity index is 326. The zero-order valence-electron chi connectivity index (χ0n) is 7.80. The number of halogens is 2. The summed E-state index contributed by atoms with van der Waals surface area (Å²) in [5, 5.41) is 3.59. The van der Waals surface area contributed by atoms with Gasteiger partial charge in [0.15, 0.2) is 0 Å². The number of hydrogen-bond donors (Lipinski definition) is 1. The zero-order valence-corrected chi connectivity index (χ0v) is 9.31. The second-order valence-electron chi connectivity index (χ2n) is 2.68. The van der Waals surface area contributed by atoms with E-state index in [0.29, 0.717) is 5.15 Å². The van der Waals surface area contributed by atoms with Crippen LogP contribution in [0.4, 0.5) is 0 Å². The van der Waals surface area contributed by atoms with E-state index in [0.717, 1.165) is 18.5 Å². The first-order valence-electron chi connectivity index (χ1n) is 4.23. The maximum atomic E-state index is 5.84. The number of nitrogens with zero attached hydrogens (tertiary/aromatic N) is 2. The highest BCUT2D eigenvalue weighted by Gasteiger charge is 1.99. The molecule has 1 rings (SSSR count). The molecule has 0 fully saturated rings. The normalized spacial score (nSPS) is 11.1. The van der Waals surface area contributed by atoms with E-state index in [2.05, 4.69) is 15.3 Å². The van der Waals surface area contributed by atoms with Crippen LogP contribution >= 0.6 is 23.2 Å². The molecule has 0 bridgehead atoms. The maximum Gasteiger partial charge on any atom is 0.223 e. The Balaban J connectivity index is 2.62. The van der Waals surface area contributed by atoms with Gasteiger partial charge in [-0.3, -0.25) is 0 Å². The van der Waals surface area contributed by atoms with Gasteiger partial charge in [0.1, 0.15) is 5.15 Å². The molecule has 1 N–H and O–H groups in total. The van der Waals surface area contributed by atoms with Crippen molar-refractivity contribution in [2.75, 3.05) is 13.6 Å². The minimum absolute atomic E-state index is 0.169. The fourth-order valence-electron chi connectivity index (χ4n) is 0.900. The van der Waals surface area contributed by atoms with Gasteiger partial charge < -0.3 is 5.32 Å². The summed E-state index contributed by atoms with van der Waals surface area (Å²) in [6.45, 7) is 0.933. The maximum absolute atomic E-state index is 5.84. The number of aromatic nitrogens is 2. The molecule has 0 saturated heterocycles. The van der Waals surface area contributed by atoms with E-state index in [4.69, 9.17) is 23.2 Å². The molecule has 1 aromatic rings. The van der Waals surface area contributed by atoms with Crippen molar-refractivity contribution in [3.8, 4) is 0 Å². The number of nitrogens with one attached hydrogen (secondary N) is 1. The van der Waals surface area contributed by atoms with Gasteiger partial charge >= 0.3 is 0 Å². The van der Waals surface area contributed by atoms with Crippen molar-refractivity contribution in [1.29, 1.82) is 0 Å². The van der Waals surface area contributed by atoms with E-state index in [9.17, 15) is 0 Å². The molecule has 0 radical (unpaired) electrons. The van der Waals surface area contributed by atoms with E-state index < -0.39 is 0 Å². The first kappa shape index (κ1) is 11.4. The third-order valence-electron chi connectivity index (χ3n) is 1.60. The van der Waals surface area contributed by atoms with Gasteiger partial charge in [-0.25, -0.2) is 9.97 Å². The van der Waals surface area contributed by atoms with Crippen molar-refractivity contribution in [2.24, 2.45) is 0 Å². The zero-order chi connectivity index (χ0) is 10.4. The van der Waals surface area contributed by atoms with Crippen molar-refractivity contribution in [3.05, 3.63) is 28.3 Å². The summed E-state index contributed by atoms with van der Waals surface area (Å²) in [6.07, 6.45) is 6.44. The smallest absolute Gasteiger partial charge is 0.223 e. The summed E-state index contributed by atoms with van der Waals surface area (Å²) < 4.78 is 0. The number of hydrogen-bond acceptors (Lipinski definition) is 3. The second-order valence-corrected chi connectivity index (χ2v) is 3.38. The molecule has 0 aliphatic heterocycles. The van der Waals surface area contributed by atoms with E-state index in [1.54, 1.807) is 6.20 Å². The molecule has 0 spiro atoms. The highest BCUT2D eigenvalue weighted by atomic mass is 35.5. The van der Waals surface area contributed by atoms with Gasteiger partial charge in [-0.1, -0.05) is 23.8 Å². The fourth-order valence-corrected chi connectivity index (χ4v) is 1.27. The lowest BCUT2D eigenvalue weighted by atomic mass is 10.3. The Morgan fingerprint density at radius 3 is 2.93 bits per heavy atom. The Kier molecular flexibility index (Phi) is 4.87. The highest BCUT2D eigenvalue weighted by Crippen LogP contribution is 2.15. The predicted molar refractivity (Wildman–Crippen MR) is 59.6 cm³/mol. The van der Waals surface area contributed by atoms with Crippen LogP contribution in [0.1, 0.15) is 12.0 Å². The topological polar surface area (TPSA) is 37.8 Å². The van der Waals surface area contributed by atoms with Crippen molar-refractivity contribution in [3.63, 3.8) is 0 Å². The standard InChI is InChI=1S/C9H11Cl2N3/c1-12-5-3-2-4-7-6-13-9(11)14-8(7)10/h2,4,6,12H,3,5H2,1H3. The van der Waals surface area contributed by atoms with Gasteiger partial charge in [0.05, 0.1) is 0 Å². The molecule has 1 aromatic heterocycles. The quantitative estimate of drug-likeness (QED) is 0.492. The summed E-state index contributed by atoms with van der Waals surface area (Å²) in [7, 11) is 1.91. The Hall–Kier alpha value is -0.640. The molecule has 0 aliphatic rings. The van der Waals surface area contributed by atoms with E-state index in [1.807, 2.05) is 19.2 Å². The minimum atomic E-state index is 0.169. The molecule has 0 atom stereocenters. The lowest BCUT2D eigenvalue weighted by molar-refractivity contribution is 0.809. The first-order chi connectivity index (χ1) is 6.74. The van der Waals surface area contributed by atoms with Crippen LogP contribution in [0.15, 0.2) is 12.3 Å². The average molecular weight is 232 g/mol. The van der Waals surface area contributed by atoms with Crippen LogP contribution in [0.25, 0.3) is 6.08 Å². The summed E-state index contributed by atoms with van der Waals surface area (Å²) in [5.41, 5.74) is 0.784. The Morgan fingerprint density at radius 2 is 2.29 bits per heavy atom. The molecule has 3 nitrogen and oxygen atoms in total. The minimum Gasteiger partial charge on any atom is -0.319 e. The van der Waals surface area contributed by atoms with E-state index in [1.165, 1.54) is 0 Å². The van der Waals surface area contributed by atoms with Crippen LogP contribution in [0.2, 0.25) is 10.4 Å². The van der Waals surface area contributed by atoms with Gasteiger partial charge in [-0.2, -0.15) is 0 Å². The largest absolute Gasteiger partial charge is 0.319 e. The van der Waals surface area contributed by atoms with Crippen LogP contribution in [0, 0.1) is 0 Å². The molecular formula is C9H11Cl2N3. The second kappa shape index (κ2) is 5.96. The molecule has 1 heterocycles. The lowest BCUT2D eigenvalue weighted by Crippen LogP contribution is -2.05. The molecule has 76 valence electrons. The molecule has 14 heavy (non-hydrogen) atoms. The summed E-state index contributed by atoms with van der Waals surface area (Å²) in [6, 6.07) is 0. The van der Waals surface area contributed by atoms with Gasteiger partial charge in [0, 0.05) is 11.8 Å².